The third-order valence-corrected chi connectivity index (χ3v) is 7.08. The number of nitrogens with zero attached hydrogens (tertiary/aromatic N) is 4. The van der Waals surface area contributed by atoms with E-state index in [1.165, 1.54) is 31.9 Å². The van der Waals surface area contributed by atoms with Crippen LogP contribution < -0.4 is 11.2 Å². The number of amides is 5. The molecule has 3 rings (SSSR count). The molecule has 1 aliphatic rings. The summed E-state index contributed by atoms with van der Waals surface area (Å²) < 4.78 is 0. The molecule has 0 saturated carbocycles. The van der Waals surface area contributed by atoms with Crippen LogP contribution in [0.1, 0.15) is 50.8 Å². The summed E-state index contributed by atoms with van der Waals surface area (Å²) in [5.41, 5.74) is -0.166. The summed E-state index contributed by atoms with van der Waals surface area (Å²) >= 11 is 0. The molecule has 5 amide bonds. The van der Waals surface area contributed by atoms with Gasteiger partial charge in [0.25, 0.3) is 11.8 Å². The monoisotopic (exact) mass is 594 g/mol. The number of urea groups is 1. The van der Waals surface area contributed by atoms with Crippen LogP contribution in [-0.4, -0.2) is 79.1 Å². The van der Waals surface area contributed by atoms with Gasteiger partial charge < -0.3 is 21.4 Å². The van der Waals surface area contributed by atoms with E-state index in [2.05, 4.69) is 10.4 Å². The van der Waals surface area contributed by atoms with Gasteiger partial charge in [-0.05, 0) is 29.5 Å². The molecule has 14 heteroatoms. The van der Waals surface area contributed by atoms with Crippen LogP contribution in [0.2, 0.25) is 0 Å². The fourth-order valence-electron chi connectivity index (χ4n) is 4.97. The van der Waals surface area contributed by atoms with E-state index in [4.69, 9.17) is 5.84 Å². The number of nitrogens with one attached hydrogen (secondary N) is 1. The van der Waals surface area contributed by atoms with Gasteiger partial charge in [0.1, 0.15) is 11.6 Å². The molecule has 3 atom stereocenters. The molecular weight excluding hydrogens is 560 g/mol. The number of carbonyl (C=O) groups is 6. The summed E-state index contributed by atoms with van der Waals surface area (Å²) in [6.07, 6.45) is 0.456. The van der Waals surface area contributed by atoms with Crippen molar-refractivity contribution in [3.63, 3.8) is 0 Å². The van der Waals surface area contributed by atoms with Gasteiger partial charge in [-0.3, -0.25) is 24.1 Å². The number of carbonyl (C=O) groups excluding carboxylic acids is 4. The van der Waals surface area contributed by atoms with E-state index in [9.17, 15) is 39.0 Å². The van der Waals surface area contributed by atoms with E-state index in [0.29, 0.717) is 26.7 Å². The molecule has 1 aliphatic heterocycles. The molecule has 14 nitrogen and oxygen atoms in total. The van der Waals surface area contributed by atoms with E-state index >= 15 is 0 Å². The molecule has 0 aromatic heterocycles. The number of carboxylic acid groups (broad SMARTS) is 2. The van der Waals surface area contributed by atoms with Crippen molar-refractivity contribution in [1.82, 2.24) is 20.2 Å². The molecule has 5 N–H and O–H groups in total. The summed E-state index contributed by atoms with van der Waals surface area (Å²) in [5, 5.41) is 26.2. The zero-order valence-electron chi connectivity index (χ0n) is 24.1. The second kappa shape index (κ2) is 13.1. The maximum Gasteiger partial charge on any atom is 0.347 e. The van der Waals surface area contributed by atoms with Gasteiger partial charge in [-0.1, -0.05) is 68.4 Å². The Labute approximate surface area is 247 Å². The van der Waals surface area contributed by atoms with Gasteiger partial charge >= 0.3 is 18.0 Å². The lowest BCUT2D eigenvalue weighted by atomic mass is 9.89. The molecule has 0 spiro atoms. The lowest BCUT2D eigenvalue weighted by molar-refractivity contribution is -0.173. The number of imide groups is 1. The first-order chi connectivity index (χ1) is 20.2. The molecule has 2 aromatic carbocycles. The number of hydrazone groups is 1. The van der Waals surface area contributed by atoms with Crippen LogP contribution in [0.25, 0.3) is 0 Å². The van der Waals surface area contributed by atoms with Crippen molar-refractivity contribution in [2.24, 2.45) is 16.9 Å². The third kappa shape index (κ3) is 6.63. The van der Waals surface area contributed by atoms with Crippen LogP contribution in [0.5, 0.6) is 0 Å². The molecule has 1 saturated heterocycles. The van der Waals surface area contributed by atoms with Gasteiger partial charge in [-0.25, -0.2) is 14.6 Å². The first-order valence-corrected chi connectivity index (χ1v) is 13.3. The Morgan fingerprint density at radius 3 is 2.14 bits per heavy atom. The molecule has 228 valence electrons. The van der Waals surface area contributed by atoms with Gasteiger partial charge in [-0.2, -0.15) is 10.1 Å². The second-order valence-corrected chi connectivity index (χ2v) is 10.5. The van der Waals surface area contributed by atoms with Crippen molar-refractivity contribution in [3.05, 3.63) is 71.3 Å². The van der Waals surface area contributed by atoms with Crippen LogP contribution in [0.15, 0.2) is 59.7 Å². The second-order valence-electron chi connectivity index (χ2n) is 10.5. The number of hydrogen-bond donors (Lipinski definition) is 4. The highest BCUT2D eigenvalue weighted by Gasteiger charge is 2.60. The van der Waals surface area contributed by atoms with E-state index in [-0.39, 0.29) is 6.54 Å². The molecular formula is C29H34N6O8. The Kier molecular flexibility index (Phi) is 9.86. The average molecular weight is 595 g/mol. The number of aliphatic carboxylic acids is 2. The van der Waals surface area contributed by atoms with Crippen LogP contribution in [0, 0.1) is 5.92 Å². The summed E-state index contributed by atoms with van der Waals surface area (Å²) in [7, 11) is 0. The molecule has 1 fully saturated rings. The fourth-order valence-corrected chi connectivity index (χ4v) is 4.97. The van der Waals surface area contributed by atoms with Crippen LogP contribution >= 0.6 is 0 Å². The highest BCUT2D eigenvalue weighted by Crippen LogP contribution is 2.40. The van der Waals surface area contributed by atoms with Gasteiger partial charge in [0.05, 0.1) is 12.6 Å². The first-order valence-electron chi connectivity index (χ1n) is 13.3. The maximum atomic E-state index is 14.4. The van der Waals surface area contributed by atoms with Crippen LogP contribution in [0.3, 0.4) is 0 Å². The first kappa shape index (κ1) is 32.2. The van der Waals surface area contributed by atoms with E-state index in [1.807, 2.05) is 0 Å². The SMILES string of the molecule is CC(=O)N[C@@H](CC(=O)O)C(=O)N([C@H](C(=O)O)C(C)C)N1C(=O)N(Cc2ccccc2)[C@](C)(c2ccc(C=NN)cc2)C1=O. The van der Waals surface area contributed by atoms with Crippen molar-refractivity contribution in [1.29, 1.82) is 0 Å². The largest absolute Gasteiger partial charge is 0.481 e. The highest BCUT2D eigenvalue weighted by molar-refractivity contribution is 6.09. The smallest absolute Gasteiger partial charge is 0.347 e. The Morgan fingerprint density at radius 1 is 1.05 bits per heavy atom. The van der Waals surface area contributed by atoms with E-state index < -0.39 is 65.7 Å². The minimum atomic E-state index is -1.78. The molecule has 1 heterocycles. The predicted octanol–water partition coefficient (Wildman–Crippen LogP) is 1.49. The highest BCUT2D eigenvalue weighted by atomic mass is 16.4. The molecule has 43 heavy (non-hydrogen) atoms. The number of hydrazine groups is 1. The topological polar surface area (TPSA) is 203 Å². The lowest BCUT2D eigenvalue weighted by Gasteiger charge is -2.38. The van der Waals surface area contributed by atoms with Crippen molar-refractivity contribution in [2.45, 2.75) is 58.3 Å². The molecule has 0 bridgehead atoms. The summed E-state index contributed by atoms with van der Waals surface area (Å²) in [6, 6.07) is 10.6. The van der Waals surface area contributed by atoms with Gasteiger partial charge in [0.15, 0.2) is 6.04 Å². The molecule has 2 aromatic rings. The summed E-state index contributed by atoms with van der Waals surface area (Å²) in [4.78, 5) is 79.9. The number of nitrogens with two attached hydrogens (primary N) is 1. The summed E-state index contributed by atoms with van der Waals surface area (Å²) in [6.45, 7) is 5.35. The number of benzene rings is 2. The number of rotatable bonds is 12. The fraction of sp³-hybridized carbons (Fsp3) is 0.345. The normalized spacial score (nSPS) is 18.2. The van der Waals surface area contributed by atoms with Gasteiger partial charge in [0, 0.05) is 13.5 Å². The van der Waals surface area contributed by atoms with Gasteiger partial charge in [0.2, 0.25) is 5.91 Å². The molecule has 0 unspecified atom stereocenters. The number of carboxylic acids is 2. The zero-order valence-corrected chi connectivity index (χ0v) is 24.1. The van der Waals surface area contributed by atoms with Crippen molar-refractivity contribution >= 4 is 41.9 Å². The third-order valence-electron chi connectivity index (χ3n) is 7.08. The van der Waals surface area contributed by atoms with Gasteiger partial charge in [-0.15, -0.1) is 0 Å². The lowest BCUT2D eigenvalue weighted by Crippen LogP contribution is -2.63. The zero-order chi connectivity index (χ0) is 32.1. The Balaban J connectivity index is 2.26. The maximum absolute atomic E-state index is 14.4. The Bertz CT molecular complexity index is 1410. The Morgan fingerprint density at radius 2 is 1.65 bits per heavy atom. The van der Waals surface area contributed by atoms with Crippen LogP contribution in [0.4, 0.5) is 4.79 Å². The van der Waals surface area contributed by atoms with Crippen molar-refractivity contribution in [2.75, 3.05) is 0 Å². The molecule has 0 radical (unpaired) electrons. The standard InChI is InChI=1S/C29H34N6O8/c1-17(2)24(26(40)41)34(25(39)22(14-23(37)38)32-18(3)36)35-27(42)29(4,21-12-10-19(11-13-21)15-31-30)33(28(35)43)16-20-8-6-5-7-9-20/h5-13,15,17,22,24H,14,16,30H2,1-4H3,(H,32,36)(H,37,38)(H,40,41)/t22-,24-,29+/m0/s1. The average Bonchev–Trinajstić information content (AvgIpc) is 3.12. The minimum absolute atomic E-state index is 0.101. The predicted molar refractivity (Wildman–Crippen MR) is 153 cm³/mol. The quantitative estimate of drug-likeness (QED) is 0.121. The minimum Gasteiger partial charge on any atom is -0.481 e. The van der Waals surface area contributed by atoms with E-state index in [1.54, 1.807) is 54.6 Å². The van der Waals surface area contributed by atoms with Crippen LogP contribution in [-0.2, 0) is 36.1 Å². The van der Waals surface area contributed by atoms with Crippen molar-refractivity contribution < 1.29 is 39.0 Å². The van der Waals surface area contributed by atoms with Crippen molar-refractivity contribution in [3.8, 4) is 0 Å². The summed E-state index contributed by atoms with van der Waals surface area (Å²) in [5.74, 6) is -1.60. The Hall–Kier alpha value is -5.27. The van der Waals surface area contributed by atoms with E-state index in [0.717, 1.165) is 6.92 Å². The molecule has 0 aliphatic carbocycles. The number of hydrogen-bond acceptors (Lipinski definition) is 8.